The van der Waals surface area contributed by atoms with E-state index in [-0.39, 0.29) is 5.84 Å². The van der Waals surface area contributed by atoms with Crippen LogP contribution in [0.15, 0.2) is 23.1 Å². The lowest BCUT2D eigenvalue weighted by atomic mass is 10.2. The number of amidine groups is 1. The number of benzene rings is 1. The maximum atomic E-state index is 12.7. The Balaban J connectivity index is 2.48. The predicted octanol–water partition coefficient (Wildman–Crippen LogP) is 1.39. The van der Waals surface area contributed by atoms with Crippen LogP contribution in [-0.4, -0.2) is 31.1 Å². The molecule has 1 saturated heterocycles. The molecule has 0 saturated carbocycles. The van der Waals surface area contributed by atoms with Gasteiger partial charge in [0.2, 0.25) is 10.0 Å². The molecule has 0 radical (unpaired) electrons. The Bertz CT molecular complexity index is 610. The second-order valence-electron chi connectivity index (χ2n) is 5.00. The largest absolute Gasteiger partial charge is 0.386 e. The number of nitrogens with one attached hydrogen (secondary N) is 1. The van der Waals surface area contributed by atoms with Crippen molar-refractivity contribution in [1.82, 2.24) is 4.31 Å². The van der Waals surface area contributed by atoms with Crippen molar-refractivity contribution < 1.29 is 8.42 Å². The molecule has 0 amide bonds. The highest BCUT2D eigenvalue weighted by atomic mass is 32.2. The zero-order valence-electron chi connectivity index (χ0n) is 11.2. The van der Waals surface area contributed by atoms with Crippen molar-refractivity contribution in [2.24, 2.45) is 5.73 Å². The summed E-state index contributed by atoms with van der Waals surface area (Å²) in [5.41, 5.74) is 7.14. The summed E-state index contributed by atoms with van der Waals surface area (Å²) in [7, 11) is -3.57. The van der Waals surface area contributed by atoms with Crippen molar-refractivity contribution in [2.45, 2.75) is 37.6 Å². The number of nitrogens with two attached hydrogens (primary N) is 1. The molecule has 0 aromatic heterocycles. The Kier molecular flexibility index (Phi) is 3.64. The first-order chi connectivity index (χ1) is 8.84. The molecule has 0 bridgehead atoms. The van der Waals surface area contributed by atoms with Gasteiger partial charge in [-0.1, -0.05) is 12.1 Å². The first-order valence-corrected chi connectivity index (χ1v) is 7.71. The third-order valence-electron chi connectivity index (χ3n) is 3.49. The van der Waals surface area contributed by atoms with Crippen molar-refractivity contribution in [3.8, 4) is 0 Å². The fourth-order valence-corrected chi connectivity index (χ4v) is 4.44. The molecular formula is C13H19N3O2S. The molecule has 1 unspecified atom stereocenters. The average Bonchev–Trinajstić information content (AvgIpc) is 2.82. The quantitative estimate of drug-likeness (QED) is 0.648. The van der Waals surface area contributed by atoms with Crippen LogP contribution in [-0.2, 0) is 10.0 Å². The van der Waals surface area contributed by atoms with Gasteiger partial charge >= 0.3 is 0 Å². The first kappa shape index (κ1) is 14.0. The zero-order chi connectivity index (χ0) is 14.2. The van der Waals surface area contributed by atoms with Crippen LogP contribution >= 0.6 is 0 Å². The number of nitrogens with zero attached hydrogens (tertiary/aromatic N) is 1. The summed E-state index contributed by atoms with van der Waals surface area (Å²) < 4.78 is 26.8. The summed E-state index contributed by atoms with van der Waals surface area (Å²) in [6, 6.07) is 4.88. The van der Waals surface area contributed by atoms with E-state index in [1.165, 1.54) is 4.31 Å². The van der Waals surface area contributed by atoms with Gasteiger partial charge < -0.3 is 5.73 Å². The fraction of sp³-hybridized carbons (Fsp3) is 0.462. The second kappa shape index (κ2) is 4.94. The van der Waals surface area contributed by atoms with Gasteiger partial charge in [-0.15, -0.1) is 0 Å². The van der Waals surface area contributed by atoms with Gasteiger partial charge in [-0.3, -0.25) is 5.41 Å². The van der Waals surface area contributed by atoms with Gasteiger partial charge in [0.1, 0.15) is 5.84 Å². The van der Waals surface area contributed by atoms with E-state index < -0.39 is 16.1 Å². The van der Waals surface area contributed by atoms with Gasteiger partial charge in [0.25, 0.3) is 0 Å². The molecule has 0 spiro atoms. The van der Waals surface area contributed by atoms with Crippen LogP contribution in [0.4, 0.5) is 0 Å². The summed E-state index contributed by atoms with van der Waals surface area (Å²) in [5, 5.41) is 7.53. The maximum absolute atomic E-state index is 12.7. The number of sulfonamides is 1. The average molecular weight is 281 g/mol. The third kappa shape index (κ3) is 2.50. The monoisotopic (exact) mass is 281 g/mol. The molecular weight excluding hydrogens is 262 g/mol. The lowest BCUT2D eigenvalue weighted by Crippen LogP contribution is -2.43. The number of hydrogen-bond acceptors (Lipinski definition) is 3. The molecule has 19 heavy (non-hydrogen) atoms. The van der Waals surface area contributed by atoms with Gasteiger partial charge in [-0.2, -0.15) is 4.31 Å². The SMILES string of the molecule is Cc1ccc(C)c(S(=O)(=O)N2CCCC2C(=N)N)c1. The third-order valence-corrected chi connectivity index (χ3v) is 5.54. The van der Waals surface area contributed by atoms with Crippen molar-refractivity contribution in [1.29, 1.82) is 5.41 Å². The summed E-state index contributed by atoms with van der Waals surface area (Å²) >= 11 is 0. The summed E-state index contributed by atoms with van der Waals surface area (Å²) in [5.74, 6) is -0.0774. The fourth-order valence-electron chi connectivity index (χ4n) is 2.45. The molecule has 1 aliphatic rings. The standard InChI is InChI=1S/C13H19N3O2S/c1-9-5-6-10(2)12(8-9)19(17,18)16-7-3-4-11(16)13(14)15/h5-6,8,11H,3-4,7H2,1-2H3,(H3,14,15). The molecule has 1 atom stereocenters. The highest BCUT2D eigenvalue weighted by Gasteiger charge is 2.37. The molecule has 1 aromatic carbocycles. The zero-order valence-corrected chi connectivity index (χ0v) is 12.0. The van der Waals surface area contributed by atoms with Gasteiger partial charge in [-0.05, 0) is 43.9 Å². The number of hydrogen-bond donors (Lipinski definition) is 2. The van der Waals surface area contributed by atoms with Gasteiger partial charge in [0, 0.05) is 6.54 Å². The Morgan fingerprint density at radius 3 is 2.74 bits per heavy atom. The van der Waals surface area contributed by atoms with Gasteiger partial charge in [-0.25, -0.2) is 8.42 Å². The minimum Gasteiger partial charge on any atom is -0.386 e. The highest BCUT2D eigenvalue weighted by molar-refractivity contribution is 7.89. The number of rotatable bonds is 3. The Labute approximate surface area is 114 Å². The minimum atomic E-state index is -3.57. The van der Waals surface area contributed by atoms with Crippen molar-refractivity contribution in [3.05, 3.63) is 29.3 Å². The van der Waals surface area contributed by atoms with E-state index >= 15 is 0 Å². The second-order valence-corrected chi connectivity index (χ2v) is 6.86. The lowest BCUT2D eigenvalue weighted by molar-refractivity contribution is 0.443. The molecule has 6 heteroatoms. The van der Waals surface area contributed by atoms with Crippen molar-refractivity contribution in [3.63, 3.8) is 0 Å². The van der Waals surface area contributed by atoms with Crippen LogP contribution in [0.2, 0.25) is 0 Å². The van der Waals surface area contributed by atoms with E-state index in [0.29, 0.717) is 17.9 Å². The molecule has 1 fully saturated rings. The van der Waals surface area contributed by atoms with Crippen molar-refractivity contribution in [2.75, 3.05) is 6.54 Å². The van der Waals surface area contributed by atoms with E-state index in [9.17, 15) is 8.42 Å². The van der Waals surface area contributed by atoms with Crippen LogP contribution in [0.1, 0.15) is 24.0 Å². The molecule has 1 heterocycles. The van der Waals surface area contributed by atoms with Crippen molar-refractivity contribution >= 4 is 15.9 Å². The van der Waals surface area contributed by atoms with Gasteiger partial charge in [0.15, 0.2) is 0 Å². The molecule has 1 aliphatic heterocycles. The molecule has 3 N–H and O–H groups in total. The van der Waals surface area contributed by atoms with Crippen LogP contribution in [0, 0.1) is 19.3 Å². The van der Waals surface area contributed by atoms with E-state index in [2.05, 4.69) is 0 Å². The van der Waals surface area contributed by atoms with E-state index in [0.717, 1.165) is 17.5 Å². The van der Waals surface area contributed by atoms with Crippen LogP contribution in [0.5, 0.6) is 0 Å². The van der Waals surface area contributed by atoms with Crippen LogP contribution in [0.25, 0.3) is 0 Å². The molecule has 1 aromatic rings. The number of aryl methyl sites for hydroxylation is 2. The first-order valence-electron chi connectivity index (χ1n) is 6.27. The normalized spacial score (nSPS) is 20.6. The molecule has 104 valence electrons. The summed E-state index contributed by atoms with van der Waals surface area (Å²) in [6.07, 6.45) is 1.37. The van der Waals surface area contributed by atoms with Crippen LogP contribution in [0.3, 0.4) is 0 Å². The molecule has 0 aliphatic carbocycles. The van der Waals surface area contributed by atoms with E-state index in [1.54, 1.807) is 19.1 Å². The van der Waals surface area contributed by atoms with Crippen LogP contribution < -0.4 is 5.73 Å². The lowest BCUT2D eigenvalue weighted by Gasteiger charge is -2.24. The molecule has 2 rings (SSSR count). The van der Waals surface area contributed by atoms with E-state index in [1.807, 2.05) is 13.0 Å². The molecule has 5 nitrogen and oxygen atoms in total. The Hall–Kier alpha value is -1.40. The topological polar surface area (TPSA) is 87.2 Å². The minimum absolute atomic E-state index is 0.0774. The maximum Gasteiger partial charge on any atom is 0.244 e. The Morgan fingerprint density at radius 1 is 1.42 bits per heavy atom. The van der Waals surface area contributed by atoms with Gasteiger partial charge in [0.05, 0.1) is 10.9 Å². The smallest absolute Gasteiger partial charge is 0.244 e. The van der Waals surface area contributed by atoms with E-state index in [4.69, 9.17) is 11.1 Å². The summed E-state index contributed by atoms with van der Waals surface area (Å²) in [6.45, 7) is 4.08. The predicted molar refractivity (Wildman–Crippen MR) is 74.7 cm³/mol. The highest BCUT2D eigenvalue weighted by Crippen LogP contribution is 2.28. The Morgan fingerprint density at radius 2 is 2.11 bits per heavy atom. The summed E-state index contributed by atoms with van der Waals surface area (Å²) in [4.78, 5) is 0.320.